The van der Waals surface area contributed by atoms with Gasteiger partial charge in [-0.2, -0.15) is 0 Å². The second-order valence-electron chi connectivity index (χ2n) is 2.36. The molecule has 0 rings (SSSR count). The molecule has 1 unspecified atom stereocenters. The van der Waals surface area contributed by atoms with E-state index in [9.17, 15) is 0 Å². The number of hydrogen-bond acceptors (Lipinski definition) is 1. The van der Waals surface area contributed by atoms with Gasteiger partial charge in [0.25, 0.3) is 0 Å². The Labute approximate surface area is 51.0 Å². The highest BCUT2D eigenvalue weighted by molar-refractivity contribution is 5.10. The zero-order chi connectivity index (χ0) is 6.73. The largest absolute Gasteiger partial charge is 0.389 e. The number of aliphatic hydroxyl groups excluding tert-OH is 1. The first-order chi connectivity index (χ1) is 3.55. The fourth-order valence-electron chi connectivity index (χ4n) is 0.418. The minimum absolute atomic E-state index is 0.278. The van der Waals surface area contributed by atoms with Gasteiger partial charge in [-0.25, -0.2) is 0 Å². The normalized spacial score (nSPS) is 13.1. The molecule has 1 N–H and O–H groups in total. The van der Waals surface area contributed by atoms with Gasteiger partial charge < -0.3 is 5.11 Å². The zero-order valence-electron chi connectivity index (χ0n) is 6.02. The van der Waals surface area contributed by atoms with Crippen LogP contribution < -0.4 is 0 Å². The first-order valence-corrected chi connectivity index (χ1v) is 2.87. The molecule has 0 aliphatic rings. The van der Waals surface area contributed by atoms with Crippen molar-refractivity contribution in [1.29, 1.82) is 0 Å². The van der Waals surface area contributed by atoms with Crippen molar-refractivity contribution in [2.24, 2.45) is 0 Å². The van der Waals surface area contributed by atoms with Crippen molar-refractivity contribution in [1.82, 2.24) is 0 Å². The Bertz CT molecular complexity index is 97.0. The fourth-order valence-corrected chi connectivity index (χ4v) is 0.418. The van der Waals surface area contributed by atoms with Crippen LogP contribution >= 0.6 is 0 Å². The number of hydrogen-bond donors (Lipinski definition) is 1. The van der Waals surface area contributed by atoms with E-state index < -0.39 is 0 Å². The highest BCUT2D eigenvalue weighted by Crippen LogP contribution is 2.05. The molecule has 0 saturated heterocycles. The van der Waals surface area contributed by atoms with Crippen LogP contribution in [0.15, 0.2) is 11.1 Å². The lowest BCUT2D eigenvalue weighted by molar-refractivity contribution is 0.230. The molecular weight excluding hydrogens is 100 g/mol. The van der Waals surface area contributed by atoms with Gasteiger partial charge >= 0.3 is 0 Å². The van der Waals surface area contributed by atoms with Gasteiger partial charge in [0.05, 0.1) is 6.10 Å². The van der Waals surface area contributed by atoms with Crippen LogP contribution in [0.2, 0.25) is 0 Å². The molecule has 8 heavy (non-hydrogen) atoms. The molecule has 0 bridgehead atoms. The second kappa shape index (κ2) is 2.88. The van der Waals surface area contributed by atoms with Crippen LogP contribution in [0.4, 0.5) is 0 Å². The summed E-state index contributed by atoms with van der Waals surface area (Å²) >= 11 is 0. The third-order valence-electron chi connectivity index (χ3n) is 1.42. The molecule has 0 aromatic heterocycles. The molecular formula is C7H14O. The Morgan fingerprint density at radius 3 is 1.62 bits per heavy atom. The van der Waals surface area contributed by atoms with E-state index in [1.165, 1.54) is 5.57 Å². The molecule has 0 amide bonds. The molecule has 1 atom stereocenters. The summed E-state index contributed by atoms with van der Waals surface area (Å²) in [4.78, 5) is 0. The Morgan fingerprint density at radius 2 is 1.62 bits per heavy atom. The van der Waals surface area contributed by atoms with Gasteiger partial charge in [-0.15, -0.1) is 0 Å². The van der Waals surface area contributed by atoms with E-state index in [2.05, 4.69) is 0 Å². The molecule has 0 aromatic rings. The molecule has 0 aromatic carbocycles. The van der Waals surface area contributed by atoms with Crippen molar-refractivity contribution in [2.75, 3.05) is 0 Å². The average Bonchev–Trinajstić information content (AvgIpc) is 1.64. The molecule has 1 nitrogen and oxygen atoms in total. The van der Waals surface area contributed by atoms with Crippen LogP contribution in [0.25, 0.3) is 0 Å². The van der Waals surface area contributed by atoms with E-state index in [0.717, 1.165) is 5.57 Å². The van der Waals surface area contributed by atoms with E-state index >= 15 is 0 Å². The first-order valence-electron chi connectivity index (χ1n) is 2.87. The van der Waals surface area contributed by atoms with Crippen LogP contribution in [-0.2, 0) is 0 Å². The van der Waals surface area contributed by atoms with Crippen molar-refractivity contribution in [3.8, 4) is 0 Å². The summed E-state index contributed by atoms with van der Waals surface area (Å²) < 4.78 is 0. The van der Waals surface area contributed by atoms with Gasteiger partial charge in [0, 0.05) is 0 Å². The van der Waals surface area contributed by atoms with Crippen LogP contribution in [0.1, 0.15) is 27.7 Å². The molecule has 0 radical (unpaired) electrons. The van der Waals surface area contributed by atoms with Crippen LogP contribution in [-0.4, -0.2) is 11.2 Å². The van der Waals surface area contributed by atoms with Gasteiger partial charge in [-0.3, -0.25) is 0 Å². The summed E-state index contributed by atoms with van der Waals surface area (Å²) in [5.74, 6) is 0. The summed E-state index contributed by atoms with van der Waals surface area (Å²) in [6.07, 6.45) is -0.278. The Morgan fingerprint density at radius 1 is 1.25 bits per heavy atom. The molecule has 0 spiro atoms. The Hall–Kier alpha value is -0.300. The summed E-state index contributed by atoms with van der Waals surface area (Å²) in [7, 11) is 0. The van der Waals surface area contributed by atoms with E-state index in [0.29, 0.717) is 0 Å². The molecule has 48 valence electrons. The van der Waals surface area contributed by atoms with E-state index in [1.807, 2.05) is 20.8 Å². The third-order valence-corrected chi connectivity index (χ3v) is 1.42. The molecule has 0 heterocycles. The predicted molar refractivity (Wildman–Crippen MR) is 35.7 cm³/mol. The van der Waals surface area contributed by atoms with Crippen molar-refractivity contribution in [3.63, 3.8) is 0 Å². The number of rotatable bonds is 1. The monoisotopic (exact) mass is 114 g/mol. The van der Waals surface area contributed by atoms with E-state index in [-0.39, 0.29) is 6.10 Å². The smallest absolute Gasteiger partial charge is 0.0721 e. The van der Waals surface area contributed by atoms with Crippen molar-refractivity contribution in [3.05, 3.63) is 11.1 Å². The fraction of sp³-hybridized carbons (Fsp3) is 0.714. The lowest BCUT2D eigenvalue weighted by atomic mass is 10.1. The minimum Gasteiger partial charge on any atom is -0.389 e. The van der Waals surface area contributed by atoms with Gasteiger partial charge in [0.15, 0.2) is 0 Å². The molecule has 1 heteroatoms. The van der Waals surface area contributed by atoms with Crippen LogP contribution in [0.3, 0.4) is 0 Å². The van der Waals surface area contributed by atoms with Crippen molar-refractivity contribution in [2.45, 2.75) is 33.8 Å². The summed E-state index contributed by atoms with van der Waals surface area (Å²) in [6, 6.07) is 0. The predicted octanol–water partition coefficient (Wildman–Crippen LogP) is 1.72. The SMILES string of the molecule is CC(C)=C(C)C(C)O. The lowest BCUT2D eigenvalue weighted by Crippen LogP contribution is -2.01. The van der Waals surface area contributed by atoms with Crippen LogP contribution in [0, 0.1) is 0 Å². The van der Waals surface area contributed by atoms with Gasteiger partial charge in [0.1, 0.15) is 0 Å². The van der Waals surface area contributed by atoms with Crippen LogP contribution in [0.5, 0.6) is 0 Å². The summed E-state index contributed by atoms with van der Waals surface area (Å²) in [5, 5.41) is 8.93. The standard InChI is InChI=1S/C7H14O/c1-5(2)6(3)7(4)8/h7-8H,1-4H3. The molecule has 0 aliphatic carbocycles. The van der Waals surface area contributed by atoms with E-state index in [1.54, 1.807) is 6.92 Å². The van der Waals surface area contributed by atoms with Gasteiger partial charge in [0.2, 0.25) is 0 Å². The molecule has 0 saturated carbocycles. The van der Waals surface area contributed by atoms with Gasteiger partial charge in [-0.05, 0) is 33.3 Å². The highest BCUT2D eigenvalue weighted by Gasteiger charge is 1.97. The number of aliphatic hydroxyl groups is 1. The highest BCUT2D eigenvalue weighted by atomic mass is 16.3. The van der Waals surface area contributed by atoms with Crippen molar-refractivity contribution >= 4 is 0 Å². The maximum absolute atomic E-state index is 8.93. The lowest BCUT2D eigenvalue weighted by Gasteiger charge is -2.04. The Balaban J connectivity index is 4.00. The van der Waals surface area contributed by atoms with Gasteiger partial charge in [-0.1, -0.05) is 5.57 Å². The maximum Gasteiger partial charge on any atom is 0.0721 e. The maximum atomic E-state index is 8.93. The topological polar surface area (TPSA) is 20.2 Å². The number of allylic oxidation sites excluding steroid dienone is 1. The molecule has 0 aliphatic heterocycles. The zero-order valence-corrected chi connectivity index (χ0v) is 6.02. The Kier molecular flexibility index (Phi) is 2.77. The second-order valence-corrected chi connectivity index (χ2v) is 2.36. The van der Waals surface area contributed by atoms with E-state index in [4.69, 9.17) is 5.11 Å². The quantitative estimate of drug-likeness (QED) is 0.515. The third kappa shape index (κ3) is 2.12. The molecule has 0 fully saturated rings. The summed E-state index contributed by atoms with van der Waals surface area (Å²) in [6.45, 7) is 7.73. The summed E-state index contributed by atoms with van der Waals surface area (Å²) in [5.41, 5.74) is 2.28. The average molecular weight is 114 g/mol. The van der Waals surface area contributed by atoms with Crippen molar-refractivity contribution < 1.29 is 5.11 Å². The first kappa shape index (κ1) is 7.70. The minimum atomic E-state index is -0.278.